The zero-order valence-electron chi connectivity index (χ0n) is 10.8. The predicted molar refractivity (Wildman–Crippen MR) is 65.6 cm³/mol. The second kappa shape index (κ2) is 12.9. The molecular formula is C10H27NO2S. The SMILES string of the molecule is CC.CC.CCN(C)CCS(C)(=O)=O. The summed E-state index contributed by atoms with van der Waals surface area (Å²) in [5.41, 5.74) is 0. The zero-order valence-corrected chi connectivity index (χ0v) is 11.6. The number of rotatable bonds is 4. The van der Waals surface area contributed by atoms with Gasteiger partial charge in [0.25, 0.3) is 0 Å². The Hall–Kier alpha value is -0.0900. The van der Waals surface area contributed by atoms with Crippen LogP contribution in [-0.4, -0.2) is 45.5 Å². The monoisotopic (exact) mass is 225 g/mol. The van der Waals surface area contributed by atoms with Gasteiger partial charge in [0.15, 0.2) is 0 Å². The Morgan fingerprint density at radius 2 is 1.43 bits per heavy atom. The van der Waals surface area contributed by atoms with E-state index in [-0.39, 0.29) is 5.75 Å². The van der Waals surface area contributed by atoms with Gasteiger partial charge in [-0.1, -0.05) is 34.6 Å². The lowest BCUT2D eigenvalue weighted by atomic mass is 10.6. The van der Waals surface area contributed by atoms with E-state index in [9.17, 15) is 8.42 Å². The van der Waals surface area contributed by atoms with Crippen LogP contribution in [0.25, 0.3) is 0 Å². The molecule has 0 aromatic heterocycles. The van der Waals surface area contributed by atoms with Gasteiger partial charge in [-0.05, 0) is 13.6 Å². The molecule has 0 N–H and O–H groups in total. The molecule has 14 heavy (non-hydrogen) atoms. The van der Waals surface area contributed by atoms with Gasteiger partial charge in [-0.15, -0.1) is 0 Å². The lowest BCUT2D eigenvalue weighted by Crippen LogP contribution is -2.24. The van der Waals surface area contributed by atoms with Crippen molar-refractivity contribution in [1.29, 1.82) is 0 Å². The molecule has 4 heteroatoms. The highest BCUT2D eigenvalue weighted by molar-refractivity contribution is 7.90. The molecule has 0 rings (SSSR count). The second-order valence-electron chi connectivity index (χ2n) is 2.53. The Labute approximate surface area is 90.4 Å². The van der Waals surface area contributed by atoms with E-state index in [0.717, 1.165) is 6.54 Å². The molecule has 90 valence electrons. The van der Waals surface area contributed by atoms with Crippen molar-refractivity contribution in [2.45, 2.75) is 34.6 Å². The van der Waals surface area contributed by atoms with Gasteiger partial charge >= 0.3 is 0 Å². The first-order chi connectivity index (χ1) is 6.45. The summed E-state index contributed by atoms with van der Waals surface area (Å²) in [6, 6.07) is 0. The van der Waals surface area contributed by atoms with Crippen LogP contribution in [0.3, 0.4) is 0 Å². The van der Waals surface area contributed by atoms with Gasteiger partial charge in [-0.3, -0.25) is 0 Å². The minimum Gasteiger partial charge on any atom is -0.306 e. The maximum Gasteiger partial charge on any atom is 0.148 e. The van der Waals surface area contributed by atoms with Crippen LogP contribution >= 0.6 is 0 Å². The third kappa shape index (κ3) is 22.7. The third-order valence-electron chi connectivity index (χ3n) is 1.38. The molecule has 0 amide bonds. The molecule has 0 aromatic rings. The summed E-state index contributed by atoms with van der Waals surface area (Å²) in [7, 11) is -0.863. The highest BCUT2D eigenvalue weighted by atomic mass is 32.2. The van der Waals surface area contributed by atoms with Crippen LogP contribution in [0.1, 0.15) is 34.6 Å². The molecule has 0 radical (unpaired) electrons. The van der Waals surface area contributed by atoms with Gasteiger partial charge in [0.1, 0.15) is 9.84 Å². The summed E-state index contributed by atoms with van der Waals surface area (Å²) in [5.74, 6) is 0.261. The summed E-state index contributed by atoms with van der Waals surface area (Å²) in [6.07, 6.45) is 1.26. The van der Waals surface area contributed by atoms with Crippen LogP contribution in [-0.2, 0) is 9.84 Å². The van der Waals surface area contributed by atoms with E-state index in [4.69, 9.17) is 0 Å². The lowest BCUT2D eigenvalue weighted by Gasteiger charge is -2.11. The molecule has 0 bridgehead atoms. The Bertz CT molecular complexity index is 177. The first-order valence-corrected chi connectivity index (χ1v) is 7.38. The van der Waals surface area contributed by atoms with E-state index in [1.165, 1.54) is 6.26 Å². The fourth-order valence-electron chi connectivity index (χ4n) is 0.480. The Morgan fingerprint density at radius 1 is 1.07 bits per heavy atom. The Balaban J connectivity index is -0.000000266. The number of nitrogens with zero attached hydrogens (tertiary/aromatic N) is 1. The molecule has 0 aliphatic carbocycles. The first-order valence-electron chi connectivity index (χ1n) is 5.32. The van der Waals surface area contributed by atoms with Crippen molar-refractivity contribution in [3.05, 3.63) is 0 Å². The zero-order chi connectivity index (χ0) is 12.2. The van der Waals surface area contributed by atoms with Crippen LogP contribution in [0.4, 0.5) is 0 Å². The van der Waals surface area contributed by atoms with Gasteiger partial charge in [0.05, 0.1) is 5.75 Å². The maximum absolute atomic E-state index is 10.6. The molecule has 0 heterocycles. The van der Waals surface area contributed by atoms with Gasteiger partial charge in [-0.25, -0.2) is 8.42 Å². The van der Waals surface area contributed by atoms with Crippen molar-refractivity contribution in [1.82, 2.24) is 4.90 Å². The van der Waals surface area contributed by atoms with Crippen molar-refractivity contribution in [2.24, 2.45) is 0 Å². The molecule has 0 aliphatic heterocycles. The van der Waals surface area contributed by atoms with Crippen molar-refractivity contribution in [2.75, 3.05) is 32.1 Å². The molecule has 0 saturated carbocycles. The topological polar surface area (TPSA) is 37.4 Å². The predicted octanol–water partition coefficient (Wildman–Crippen LogP) is 2.04. The van der Waals surface area contributed by atoms with E-state index in [1.54, 1.807) is 0 Å². The maximum atomic E-state index is 10.6. The molecular weight excluding hydrogens is 198 g/mol. The van der Waals surface area contributed by atoms with Gasteiger partial charge in [0.2, 0.25) is 0 Å². The second-order valence-corrected chi connectivity index (χ2v) is 4.79. The van der Waals surface area contributed by atoms with Gasteiger partial charge in [0, 0.05) is 12.8 Å². The van der Waals surface area contributed by atoms with E-state index in [1.807, 2.05) is 46.6 Å². The third-order valence-corrected chi connectivity index (χ3v) is 2.31. The molecule has 0 unspecified atom stereocenters. The van der Waals surface area contributed by atoms with E-state index in [2.05, 4.69) is 0 Å². The Kier molecular flexibility index (Phi) is 18.0. The lowest BCUT2D eigenvalue weighted by molar-refractivity contribution is 0.374. The molecule has 0 fully saturated rings. The van der Waals surface area contributed by atoms with Crippen LogP contribution in [0, 0.1) is 0 Å². The quantitative estimate of drug-likeness (QED) is 0.735. The highest BCUT2D eigenvalue weighted by Crippen LogP contribution is 1.85. The van der Waals surface area contributed by atoms with Gasteiger partial charge < -0.3 is 4.90 Å². The summed E-state index contributed by atoms with van der Waals surface area (Å²) >= 11 is 0. The number of hydrogen-bond donors (Lipinski definition) is 0. The molecule has 0 spiro atoms. The largest absolute Gasteiger partial charge is 0.306 e. The summed E-state index contributed by atoms with van der Waals surface area (Å²) < 4.78 is 21.2. The normalized spacial score (nSPS) is 9.71. The molecule has 0 atom stereocenters. The summed E-state index contributed by atoms with van der Waals surface area (Å²) in [6.45, 7) is 11.5. The van der Waals surface area contributed by atoms with E-state index in [0.29, 0.717) is 6.54 Å². The molecule has 0 aliphatic rings. The number of sulfone groups is 1. The van der Waals surface area contributed by atoms with Crippen LogP contribution in [0.15, 0.2) is 0 Å². The van der Waals surface area contributed by atoms with Crippen LogP contribution in [0.5, 0.6) is 0 Å². The minimum atomic E-state index is -2.77. The molecule has 3 nitrogen and oxygen atoms in total. The number of hydrogen-bond acceptors (Lipinski definition) is 3. The fraction of sp³-hybridized carbons (Fsp3) is 1.00. The first kappa shape index (κ1) is 19.5. The average molecular weight is 225 g/mol. The fourth-order valence-corrected chi connectivity index (χ4v) is 1.12. The van der Waals surface area contributed by atoms with Crippen molar-refractivity contribution in [3.8, 4) is 0 Å². The van der Waals surface area contributed by atoms with Crippen molar-refractivity contribution >= 4 is 9.84 Å². The van der Waals surface area contributed by atoms with Crippen LogP contribution < -0.4 is 0 Å². The highest BCUT2D eigenvalue weighted by Gasteiger charge is 2.02. The van der Waals surface area contributed by atoms with Crippen LogP contribution in [0.2, 0.25) is 0 Å². The smallest absolute Gasteiger partial charge is 0.148 e. The summed E-state index contributed by atoms with van der Waals surface area (Å²) in [4.78, 5) is 1.97. The summed E-state index contributed by atoms with van der Waals surface area (Å²) in [5, 5.41) is 0. The standard InChI is InChI=1S/C6H15NO2S.2C2H6/c1-4-7(2)5-6-10(3,8)9;2*1-2/h4-6H2,1-3H3;2*1-2H3. The average Bonchev–Trinajstić information content (AvgIpc) is 2.19. The molecule has 0 saturated heterocycles. The Morgan fingerprint density at radius 3 is 1.64 bits per heavy atom. The minimum absolute atomic E-state index is 0.261. The molecule has 0 aromatic carbocycles. The van der Waals surface area contributed by atoms with E-state index >= 15 is 0 Å². The van der Waals surface area contributed by atoms with Crippen molar-refractivity contribution < 1.29 is 8.42 Å². The van der Waals surface area contributed by atoms with Gasteiger partial charge in [-0.2, -0.15) is 0 Å². The van der Waals surface area contributed by atoms with Crippen molar-refractivity contribution in [3.63, 3.8) is 0 Å². The van der Waals surface area contributed by atoms with E-state index < -0.39 is 9.84 Å².